The van der Waals surface area contributed by atoms with E-state index in [9.17, 15) is 4.79 Å². The molecule has 18 heavy (non-hydrogen) atoms. The van der Waals surface area contributed by atoms with Gasteiger partial charge < -0.3 is 10.2 Å². The summed E-state index contributed by atoms with van der Waals surface area (Å²) in [4.78, 5) is 13.2. The van der Waals surface area contributed by atoms with Gasteiger partial charge in [-0.3, -0.25) is 4.79 Å². The quantitative estimate of drug-likeness (QED) is 0.790. The molecule has 1 amide bonds. The molecule has 0 spiro atoms. The number of piperidine rings is 1. The smallest absolute Gasteiger partial charge is 0.219 e. The van der Waals surface area contributed by atoms with Crippen molar-refractivity contribution in [2.24, 2.45) is 11.8 Å². The van der Waals surface area contributed by atoms with Crippen LogP contribution in [0, 0.1) is 11.8 Å². The van der Waals surface area contributed by atoms with Crippen LogP contribution >= 0.6 is 0 Å². The van der Waals surface area contributed by atoms with Crippen molar-refractivity contribution < 1.29 is 4.79 Å². The topological polar surface area (TPSA) is 32.3 Å². The Balaban J connectivity index is 2.13. The third-order valence-corrected chi connectivity index (χ3v) is 4.58. The normalized spacial score (nSPS) is 20.8. The molecule has 1 aliphatic heterocycles. The third-order valence-electron chi connectivity index (χ3n) is 4.58. The van der Waals surface area contributed by atoms with E-state index < -0.39 is 0 Å². The van der Waals surface area contributed by atoms with Crippen LogP contribution in [-0.2, 0) is 4.79 Å². The monoisotopic (exact) mass is 254 g/mol. The highest BCUT2D eigenvalue weighted by molar-refractivity contribution is 5.73. The lowest BCUT2D eigenvalue weighted by molar-refractivity contribution is -0.130. The number of nitrogens with one attached hydrogen (secondary N) is 1. The van der Waals surface area contributed by atoms with Gasteiger partial charge in [-0.05, 0) is 44.6 Å². The first-order chi connectivity index (χ1) is 8.54. The first kappa shape index (κ1) is 15.5. The van der Waals surface area contributed by atoms with E-state index in [1.54, 1.807) is 6.92 Å². The Bertz CT molecular complexity index is 247. The molecule has 1 heterocycles. The van der Waals surface area contributed by atoms with Crippen molar-refractivity contribution in [1.82, 2.24) is 10.2 Å². The zero-order valence-corrected chi connectivity index (χ0v) is 12.5. The fourth-order valence-corrected chi connectivity index (χ4v) is 2.61. The molecule has 0 aromatic carbocycles. The van der Waals surface area contributed by atoms with Crippen LogP contribution in [0.5, 0.6) is 0 Å². The van der Waals surface area contributed by atoms with Crippen molar-refractivity contribution in [1.29, 1.82) is 0 Å². The summed E-state index contributed by atoms with van der Waals surface area (Å²) < 4.78 is 0. The number of amides is 1. The molecule has 0 bridgehead atoms. The molecule has 0 aromatic heterocycles. The van der Waals surface area contributed by atoms with Crippen LogP contribution in [0.25, 0.3) is 0 Å². The van der Waals surface area contributed by atoms with Gasteiger partial charge in [-0.1, -0.05) is 20.3 Å². The standard InChI is InChI=1S/C15H30N2O/c1-5-12(2)13(3)16-9-6-15-7-10-17(11-8-15)14(4)18/h12-13,15-16H,5-11H2,1-4H3. The summed E-state index contributed by atoms with van der Waals surface area (Å²) in [6, 6.07) is 0.618. The van der Waals surface area contributed by atoms with Gasteiger partial charge in [0.1, 0.15) is 0 Å². The summed E-state index contributed by atoms with van der Waals surface area (Å²) in [7, 11) is 0. The van der Waals surface area contributed by atoms with E-state index in [0.29, 0.717) is 6.04 Å². The molecule has 1 aliphatic rings. The zero-order chi connectivity index (χ0) is 13.5. The molecule has 1 rings (SSSR count). The highest BCUT2D eigenvalue weighted by Crippen LogP contribution is 2.20. The Morgan fingerprint density at radius 2 is 1.94 bits per heavy atom. The first-order valence-corrected chi connectivity index (χ1v) is 7.53. The molecule has 0 aromatic rings. The Morgan fingerprint density at radius 1 is 1.33 bits per heavy atom. The van der Waals surface area contributed by atoms with Gasteiger partial charge in [0.05, 0.1) is 0 Å². The van der Waals surface area contributed by atoms with Gasteiger partial charge in [0.2, 0.25) is 5.91 Å². The van der Waals surface area contributed by atoms with Crippen LogP contribution in [0.1, 0.15) is 53.4 Å². The van der Waals surface area contributed by atoms with E-state index in [0.717, 1.165) is 31.5 Å². The van der Waals surface area contributed by atoms with E-state index >= 15 is 0 Å². The maximum Gasteiger partial charge on any atom is 0.219 e. The van der Waals surface area contributed by atoms with E-state index in [-0.39, 0.29) is 5.91 Å². The van der Waals surface area contributed by atoms with Gasteiger partial charge >= 0.3 is 0 Å². The molecule has 0 radical (unpaired) electrons. The largest absolute Gasteiger partial charge is 0.343 e. The van der Waals surface area contributed by atoms with Crippen molar-refractivity contribution in [3.63, 3.8) is 0 Å². The fourth-order valence-electron chi connectivity index (χ4n) is 2.61. The van der Waals surface area contributed by atoms with Gasteiger partial charge in [0.25, 0.3) is 0 Å². The van der Waals surface area contributed by atoms with Crippen molar-refractivity contribution in [3.8, 4) is 0 Å². The first-order valence-electron chi connectivity index (χ1n) is 7.53. The Labute approximate surface area is 112 Å². The fraction of sp³-hybridized carbons (Fsp3) is 0.933. The second kappa shape index (κ2) is 7.78. The van der Waals surface area contributed by atoms with Crippen molar-refractivity contribution >= 4 is 5.91 Å². The van der Waals surface area contributed by atoms with E-state index in [2.05, 4.69) is 26.1 Å². The highest BCUT2D eigenvalue weighted by atomic mass is 16.2. The number of nitrogens with zero attached hydrogens (tertiary/aromatic N) is 1. The Morgan fingerprint density at radius 3 is 2.44 bits per heavy atom. The summed E-state index contributed by atoms with van der Waals surface area (Å²) in [5.74, 6) is 1.79. The number of likely N-dealkylation sites (tertiary alicyclic amines) is 1. The molecule has 2 unspecified atom stereocenters. The van der Waals surface area contributed by atoms with Gasteiger partial charge in [-0.15, -0.1) is 0 Å². The number of hydrogen-bond donors (Lipinski definition) is 1. The Kier molecular flexibility index (Phi) is 6.69. The Hall–Kier alpha value is -0.570. The second-order valence-corrected chi connectivity index (χ2v) is 5.87. The van der Waals surface area contributed by atoms with Crippen LogP contribution in [0.4, 0.5) is 0 Å². The van der Waals surface area contributed by atoms with Crippen LogP contribution in [0.15, 0.2) is 0 Å². The average Bonchev–Trinajstić information content (AvgIpc) is 2.38. The third kappa shape index (κ3) is 4.97. The second-order valence-electron chi connectivity index (χ2n) is 5.87. The molecular weight excluding hydrogens is 224 g/mol. The molecule has 2 atom stereocenters. The summed E-state index contributed by atoms with van der Waals surface area (Å²) in [6.45, 7) is 11.6. The summed E-state index contributed by atoms with van der Waals surface area (Å²) in [5.41, 5.74) is 0. The van der Waals surface area contributed by atoms with Gasteiger partial charge in [-0.2, -0.15) is 0 Å². The number of rotatable bonds is 6. The molecule has 3 nitrogen and oxygen atoms in total. The predicted octanol–water partition coefficient (Wildman–Crippen LogP) is 2.66. The molecule has 1 N–H and O–H groups in total. The van der Waals surface area contributed by atoms with E-state index in [4.69, 9.17) is 0 Å². The SMILES string of the molecule is CCC(C)C(C)NCCC1CCN(C(C)=O)CC1. The zero-order valence-electron chi connectivity index (χ0n) is 12.5. The average molecular weight is 254 g/mol. The lowest BCUT2D eigenvalue weighted by Crippen LogP contribution is -2.38. The molecule has 1 fully saturated rings. The van der Waals surface area contributed by atoms with Gasteiger partial charge in [0, 0.05) is 26.1 Å². The molecule has 106 valence electrons. The van der Waals surface area contributed by atoms with Crippen molar-refractivity contribution in [3.05, 3.63) is 0 Å². The number of hydrogen-bond acceptors (Lipinski definition) is 2. The predicted molar refractivity (Wildman–Crippen MR) is 76.5 cm³/mol. The van der Waals surface area contributed by atoms with Crippen molar-refractivity contribution in [2.75, 3.05) is 19.6 Å². The lowest BCUT2D eigenvalue weighted by atomic mass is 9.93. The van der Waals surface area contributed by atoms with Gasteiger partial charge in [-0.25, -0.2) is 0 Å². The van der Waals surface area contributed by atoms with Crippen molar-refractivity contribution in [2.45, 2.75) is 59.4 Å². The summed E-state index contributed by atoms with van der Waals surface area (Å²) in [5, 5.41) is 3.63. The van der Waals surface area contributed by atoms with Crippen LogP contribution < -0.4 is 5.32 Å². The van der Waals surface area contributed by atoms with E-state index in [1.807, 2.05) is 4.90 Å². The van der Waals surface area contributed by atoms with Gasteiger partial charge in [0.15, 0.2) is 0 Å². The highest BCUT2D eigenvalue weighted by Gasteiger charge is 2.20. The van der Waals surface area contributed by atoms with Crippen LogP contribution in [0.2, 0.25) is 0 Å². The van der Waals surface area contributed by atoms with Crippen LogP contribution in [0.3, 0.4) is 0 Å². The summed E-state index contributed by atoms with van der Waals surface area (Å²) >= 11 is 0. The molecule has 0 aliphatic carbocycles. The minimum atomic E-state index is 0.233. The molecule has 3 heteroatoms. The molecular formula is C15H30N2O. The minimum Gasteiger partial charge on any atom is -0.343 e. The van der Waals surface area contributed by atoms with E-state index in [1.165, 1.54) is 25.7 Å². The molecule has 0 saturated carbocycles. The maximum atomic E-state index is 11.2. The number of carbonyl (C=O) groups is 1. The summed E-state index contributed by atoms with van der Waals surface area (Å²) in [6.07, 6.45) is 4.86. The lowest BCUT2D eigenvalue weighted by Gasteiger charge is -2.31. The molecule has 1 saturated heterocycles. The number of carbonyl (C=O) groups excluding carboxylic acids is 1. The van der Waals surface area contributed by atoms with Crippen LogP contribution in [-0.4, -0.2) is 36.5 Å². The maximum absolute atomic E-state index is 11.2. The minimum absolute atomic E-state index is 0.233.